The molecule has 3 rings (SSSR count). The number of methoxy groups -OCH3 is 1. The molecule has 0 aromatic heterocycles. The molecule has 0 spiro atoms. The summed E-state index contributed by atoms with van der Waals surface area (Å²) in [6.07, 6.45) is 6.12. The van der Waals surface area contributed by atoms with Crippen molar-refractivity contribution in [3.63, 3.8) is 0 Å². The quantitative estimate of drug-likeness (QED) is 0.177. The Bertz CT molecular complexity index is 970. The minimum absolute atomic E-state index is 0.272. The Morgan fingerprint density at radius 2 is 1.58 bits per heavy atom. The van der Waals surface area contributed by atoms with Gasteiger partial charge in [0.05, 0.1) is 32.2 Å². The van der Waals surface area contributed by atoms with E-state index in [2.05, 4.69) is 5.92 Å². The van der Waals surface area contributed by atoms with Crippen LogP contribution in [0.4, 0.5) is 0 Å². The molecule has 0 saturated carbocycles. The second-order valence-corrected chi connectivity index (χ2v) is 8.20. The fraction of sp³-hybridized carbons (Fsp3) is 0.414. The lowest BCUT2D eigenvalue weighted by Gasteiger charge is -2.45. The topological polar surface area (TPSA) is 72.5 Å². The largest absolute Gasteiger partial charge is 0.492 e. The third-order valence-corrected chi connectivity index (χ3v) is 5.69. The Morgan fingerprint density at radius 1 is 0.972 bits per heavy atom. The van der Waals surface area contributed by atoms with Gasteiger partial charge in [0, 0.05) is 13.5 Å². The second kappa shape index (κ2) is 15.1. The zero-order valence-corrected chi connectivity index (χ0v) is 20.8. The summed E-state index contributed by atoms with van der Waals surface area (Å²) in [5, 5.41) is 0. The van der Waals surface area contributed by atoms with Gasteiger partial charge in [0.15, 0.2) is 12.4 Å². The van der Waals surface area contributed by atoms with Crippen molar-refractivity contribution < 1.29 is 33.2 Å². The summed E-state index contributed by atoms with van der Waals surface area (Å²) >= 11 is 0. The number of rotatable bonds is 13. The molecule has 1 heterocycles. The summed E-state index contributed by atoms with van der Waals surface area (Å²) in [6, 6.07) is 19.7. The number of ether oxygens (including phenoxy) is 6. The minimum atomic E-state index is -0.703. The van der Waals surface area contributed by atoms with Crippen molar-refractivity contribution in [3.8, 4) is 12.3 Å². The molecule has 1 aliphatic rings. The van der Waals surface area contributed by atoms with Gasteiger partial charge in [-0.1, -0.05) is 60.7 Å². The van der Waals surface area contributed by atoms with Crippen LogP contribution in [0.2, 0.25) is 0 Å². The van der Waals surface area contributed by atoms with Gasteiger partial charge in [0.1, 0.15) is 18.3 Å². The standard InChI is InChI=1S/C29H34O7/c1-4-6-17-24-26(33-19-18-25(30)32-5-2)27(34-20-22-13-9-7-10-14-22)28(29(31-3)36-24)35-21-23-15-11-8-12-16-23/h1,7-16,18-19,24,26-29H,5-6,17,20-21H2,2-3H3/b19-18+/t24-,26-,27+,28-,29+/m1/s1. The van der Waals surface area contributed by atoms with Crippen molar-refractivity contribution in [1.82, 2.24) is 0 Å². The zero-order valence-electron chi connectivity index (χ0n) is 20.8. The number of benzene rings is 2. The van der Waals surface area contributed by atoms with Gasteiger partial charge < -0.3 is 28.4 Å². The van der Waals surface area contributed by atoms with Gasteiger partial charge in [0.25, 0.3) is 0 Å². The number of hydrogen-bond acceptors (Lipinski definition) is 7. The first-order valence-electron chi connectivity index (χ1n) is 12.1. The summed E-state index contributed by atoms with van der Waals surface area (Å²) in [7, 11) is 1.57. The van der Waals surface area contributed by atoms with E-state index in [9.17, 15) is 4.79 Å². The normalized spacial score (nSPS) is 23.8. The van der Waals surface area contributed by atoms with Crippen LogP contribution >= 0.6 is 0 Å². The first-order chi connectivity index (χ1) is 17.7. The molecular weight excluding hydrogens is 460 g/mol. The van der Waals surface area contributed by atoms with Crippen molar-refractivity contribution in [1.29, 1.82) is 0 Å². The molecule has 2 aromatic rings. The predicted molar refractivity (Wildman–Crippen MR) is 134 cm³/mol. The van der Waals surface area contributed by atoms with Gasteiger partial charge in [-0.25, -0.2) is 4.79 Å². The van der Waals surface area contributed by atoms with Crippen LogP contribution in [0, 0.1) is 12.3 Å². The minimum Gasteiger partial charge on any atom is -0.492 e. The van der Waals surface area contributed by atoms with Crippen molar-refractivity contribution >= 4 is 5.97 Å². The van der Waals surface area contributed by atoms with Crippen LogP contribution < -0.4 is 0 Å². The van der Waals surface area contributed by atoms with Crippen LogP contribution in [0.25, 0.3) is 0 Å². The molecule has 0 N–H and O–H groups in total. The molecule has 0 bridgehead atoms. The van der Waals surface area contributed by atoms with E-state index in [-0.39, 0.29) is 6.61 Å². The lowest BCUT2D eigenvalue weighted by Crippen LogP contribution is -2.60. The lowest BCUT2D eigenvalue weighted by molar-refractivity contribution is -0.311. The Kier molecular flexibility index (Phi) is 11.5. The third kappa shape index (κ3) is 8.21. The number of hydrogen-bond donors (Lipinski definition) is 0. The van der Waals surface area contributed by atoms with E-state index in [0.29, 0.717) is 26.1 Å². The van der Waals surface area contributed by atoms with Gasteiger partial charge in [-0.15, -0.1) is 12.3 Å². The highest BCUT2D eigenvalue weighted by Crippen LogP contribution is 2.32. The molecule has 1 fully saturated rings. The van der Waals surface area contributed by atoms with Gasteiger partial charge in [0.2, 0.25) is 0 Å². The van der Waals surface area contributed by atoms with E-state index < -0.39 is 36.7 Å². The lowest BCUT2D eigenvalue weighted by atomic mass is 9.95. The summed E-state index contributed by atoms with van der Waals surface area (Å²) in [5.74, 6) is 2.15. The number of carbonyl (C=O) groups excluding carboxylic acids is 1. The van der Waals surface area contributed by atoms with Crippen molar-refractivity contribution in [2.75, 3.05) is 13.7 Å². The van der Waals surface area contributed by atoms with Crippen LogP contribution in [-0.4, -0.2) is 50.4 Å². The summed E-state index contributed by atoms with van der Waals surface area (Å²) in [6.45, 7) is 2.68. The molecule has 192 valence electrons. The predicted octanol–water partition coefficient (Wildman–Crippen LogP) is 4.40. The fourth-order valence-corrected chi connectivity index (χ4v) is 3.97. The molecule has 1 saturated heterocycles. The van der Waals surface area contributed by atoms with Crippen LogP contribution in [0.3, 0.4) is 0 Å². The van der Waals surface area contributed by atoms with Gasteiger partial charge in [-0.3, -0.25) is 0 Å². The number of esters is 1. The first kappa shape index (κ1) is 27.4. The molecule has 1 aliphatic heterocycles. The van der Waals surface area contributed by atoms with Crippen LogP contribution in [0.1, 0.15) is 30.9 Å². The van der Waals surface area contributed by atoms with E-state index in [4.69, 9.17) is 34.8 Å². The smallest absolute Gasteiger partial charge is 0.333 e. The third-order valence-electron chi connectivity index (χ3n) is 5.69. The van der Waals surface area contributed by atoms with E-state index in [1.54, 1.807) is 14.0 Å². The molecule has 2 aromatic carbocycles. The van der Waals surface area contributed by atoms with E-state index >= 15 is 0 Å². The van der Waals surface area contributed by atoms with Gasteiger partial charge in [-0.2, -0.15) is 0 Å². The maximum absolute atomic E-state index is 11.8. The number of carbonyl (C=O) groups is 1. The van der Waals surface area contributed by atoms with Crippen LogP contribution in [0.5, 0.6) is 0 Å². The molecule has 0 amide bonds. The molecular formula is C29H34O7. The summed E-state index contributed by atoms with van der Waals surface area (Å²) in [4.78, 5) is 11.8. The van der Waals surface area contributed by atoms with Gasteiger partial charge in [-0.05, 0) is 24.5 Å². The van der Waals surface area contributed by atoms with Crippen molar-refractivity contribution in [2.45, 2.75) is 63.7 Å². The molecule has 0 radical (unpaired) electrons. The highest BCUT2D eigenvalue weighted by molar-refractivity contribution is 5.81. The maximum Gasteiger partial charge on any atom is 0.333 e. The summed E-state index contributed by atoms with van der Waals surface area (Å²) < 4.78 is 35.7. The SMILES string of the molecule is C#CCC[C@H]1O[C@H](OC)[C@H](OCc2ccccc2)[C@@H](OCc2ccccc2)[C@@H]1O/C=C/C(=O)OCC. The molecule has 7 nitrogen and oxygen atoms in total. The fourth-order valence-electron chi connectivity index (χ4n) is 3.97. The van der Waals surface area contributed by atoms with Gasteiger partial charge >= 0.3 is 5.97 Å². The molecule has 36 heavy (non-hydrogen) atoms. The van der Waals surface area contributed by atoms with Crippen molar-refractivity contribution in [3.05, 3.63) is 84.1 Å². The Hall–Kier alpha value is -3.15. The second-order valence-electron chi connectivity index (χ2n) is 8.20. The Morgan fingerprint density at radius 3 is 2.14 bits per heavy atom. The number of terminal acetylenes is 1. The zero-order chi connectivity index (χ0) is 25.6. The van der Waals surface area contributed by atoms with E-state index in [1.807, 2.05) is 60.7 Å². The molecule has 7 heteroatoms. The first-order valence-corrected chi connectivity index (χ1v) is 12.1. The van der Waals surface area contributed by atoms with Crippen LogP contribution in [0.15, 0.2) is 73.0 Å². The monoisotopic (exact) mass is 494 g/mol. The van der Waals surface area contributed by atoms with Crippen molar-refractivity contribution in [2.24, 2.45) is 0 Å². The molecule has 5 atom stereocenters. The Balaban J connectivity index is 1.86. The highest BCUT2D eigenvalue weighted by atomic mass is 16.7. The van der Waals surface area contributed by atoms with E-state index in [0.717, 1.165) is 11.1 Å². The summed E-state index contributed by atoms with van der Waals surface area (Å²) in [5.41, 5.74) is 2.00. The average Bonchev–Trinajstić information content (AvgIpc) is 2.91. The maximum atomic E-state index is 11.8. The average molecular weight is 495 g/mol. The highest BCUT2D eigenvalue weighted by Gasteiger charge is 2.48. The van der Waals surface area contributed by atoms with Crippen LogP contribution in [-0.2, 0) is 46.4 Å². The molecule has 0 aliphatic carbocycles. The Labute approximate surface area is 213 Å². The molecule has 0 unspecified atom stereocenters. The van der Waals surface area contributed by atoms with E-state index in [1.165, 1.54) is 12.3 Å².